The minimum absolute atomic E-state index is 0.133. The Morgan fingerprint density at radius 1 is 1.77 bits per heavy atom. The number of nitrogens with one attached hydrogen (secondary N) is 2. The van der Waals surface area contributed by atoms with Gasteiger partial charge in [0.2, 0.25) is 0 Å². The van der Waals surface area contributed by atoms with Crippen molar-refractivity contribution in [3.05, 3.63) is 21.6 Å². The molecule has 6 heteroatoms. The minimum Gasteiger partial charge on any atom is -0.378 e. The smallest absolute Gasteiger partial charge is 0.285 e. The molecule has 0 aliphatic heterocycles. The van der Waals surface area contributed by atoms with Gasteiger partial charge in [0.15, 0.2) is 0 Å². The van der Waals surface area contributed by atoms with Gasteiger partial charge in [0.25, 0.3) is 5.56 Å². The Morgan fingerprint density at radius 3 is 3.08 bits per heavy atom. The van der Waals surface area contributed by atoms with Crippen LogP contribution in [-0.4, -0.2) is 22.3 Å². The van der Waals surface area contributed by atoms with E-state index in [1.807, 2.05) is 0 Å². The van der Waals surface area contributed by atoms with Crippen molar-refractivity contribution in [1.29, 1.82) is 0 Å². The van der Waals surface area contributed by atoms with E-state index in [4.69, 9.17) is 17.3 Å². The Hall–Kier alpha value is -1.07. The lowest BCUT2D eigenvalue weighted by Gasteiger charge is -2.04. The third-order valence-corrected chi connectivity index (χ3v) is 2.35. The zero-order valence-corrected chi connectivity index (χ0v) is 7.51. The zero-order chi connectivity index (χ0) is 9.42. The summed E-state index contributed by atoms with van der Waals surface area (Å²) in [6, 6.07) is 0.386. The summed E-state index contributed by atoms with van der Waals surface area (Å²) in [5.41, 5.74) is 5.75. The lowest BCUT2D eigenvalue weighted by Crippen LogP contribution is -2.17. The van der Waals surface area contributed by atoms with Crippen LogP contribution in [0.5, 0.6) is 0 Å². The van der Waals surface area contributed by atoms with E-state index in [-0.39, 0.29) is 22.7 Å². The lowest BCUT2D eigenvalue weighted by molar-refractivity contribution is 0.966. The normalized spacial score (nSPS) is 25.7. The fourth-order valence-corrected chi connectivity index (χ4v) is 1.21. The summed E-state index contributed by atoms with van der Waals surface area (Å²) in [5, 5.41) is 9.03. The molecule has 0 radical (unpaired) electrons. The van der Waals surface area contributed by atoms with Crippen molar-refractivity contribution < 1.29 is 0 Å². The average Bonchev–Trinajstić information content (AvgIpc) is 2.77. The summed E-state index contributed by atoms with van der Waals surface area (Å²) in [7, 11) is 0. The zero-order valence-electron chi connectivity index (χ0n) is 6.75. The monoisotopic (exact) mass is 200 g/mol. The molecule has 4 N–H and O–H groups in total. The predicted molar refractivity (Wildman–Crippen MR) is 49.9 cm³/mol. The summed E-state index contributed by atoms with van der Waals surface area (Å²) >= 11 is 5.73. The van der Waals surface area contributed by atoms with Gasteiger partial charge in [-0.3, -0.25) is 4.79 Å². The number of hydrogen-bond acceptors (Lipinski definition) is 4. The highest BCUT2D eigenvalue weighted by Crippen LogP contribution is 2.25. The molecule has 1 aliphatic rings. The van der Waals surface area contributed by atoms with E-state index in [0.717, 1.165) is 6.42 Å². The summed E-state index contributed by atoms with van der Waals surface area (Å²) in [4.78, 5) is 11.0. The molecule has 1 fully saturated rings. The molecule has 2 rings (SSSR count). The molecule has 13 heavy (non-hydrogen) atoms. The molecule has 70 valence electrons. The van der Waals surface area contributed by atoms with Crippen LogP contribution in [0.4, 0.5) is 5.69 Å². The van der Waals surface area contributed by atoms with Crippen LogP contribution in [0.3, 0.4) is 0 Å². The van der Waals surface area contributed by atoms with E-state index >= 15 is 0 Å². The number of aromatic nitrogens is 2. The molecule has 0 aromatic carbocycles. The molecule has 1 saturated carbocycles. The predicted octanol–water partition coefficient (Wildman–Crippen LogP) is -0.0652. The molecule has 1 aromatic rings. The summed E-state index contributed by atoms with van der Waals surface area (Å²) in [5.74, 6) is 0. The highest BCUT2D eigenvalue weighted by molar-refractivity contribution is 6.32. The molecule has 1 aliphatic carbocycles. The number of halogens is 1. The van der Waals surface area contributed by atoms with E-state index in [1.54, 1.807) is 0 Å². The first-order chi connectivity index (χ1) is 6.18. The standard InChI is InChI=1S/C7H9ClN4O/c8-6-5(2-10-12-7(6)13)11-4-1-3(4)9/h2-4H,1,9H2,(H2,11,12,13). The topological polar surface area (TPSA) is 83.8 Å². The average molecular weight is 201 g/mol. The maximum atomic E-state index is 11.0. The first-order valence-corrected chi connectivity index (χ1v) is 4.31. The Kier molecular flexibility index (Phi) is 1.97. The molecule has 1 heterocycles. The third-order valence-electron chi connectivity index (χ3n) is 1.98. The Morgan fingerprint density at radius 2 is 2.46 bits per heavy atom. The highest BCUT2D eigenvalue weighted by atomic mass is 35.5. The number of aromatic amines is 1. The molecule has 0 bridgehead atoms. The quantitative estimate of drug-likeness (QED) is 0.624. The first-order valence-electron chi connectivity index (χ1n) is 3.94. The summed E-state index contributed by atoms with van der Waals surface area (Å²) in [6.07, 6.45) is 2.39. The molecule has 2 atom stereocenters. The van der Waals surface area contributed by atoms with Crippen molar-refractivity contribution in [2.24, 2.45) is 5.73 Å². The number of nitrogens with two attached hydrogens (primary N) is 1. The van der Waals surface area contributed by atoms with Crippen LogP contribution >= 0.6 is 11.6 Å². The van der Waals surface area contributed by atoms with Crippen LogP contribution in [0.2, 0.25) is 5.02 Å². The summed E-state index contributed by atoms with van der Waals surface area (Å²) in [6.45, 7) is 0. The van der Waals surface area contributed by atoms with E-state index in [9.17, 15) is 4.79 Å². The van der Waals surface area contributed by atoms with Crippen LogP contribution in [0, 0.1) is 0 Å². The van der Waals surface area contributed by atoms with E-state index in [2.05, 4.69) is 15.5 Å². The van der Waals surface area contributed by atoms with Crippen molar-refractivity contribution in [1.82, 2.24) is 10.2 Å². The summed E-state index contributed by atoms with van der Waals surface area (Å²) < 4.78 is 0. The minimum atomic E-state index is -0.388. The van der Waals surface area contributed by atoms with Crippen LogP contribution in [-0.2, 0) is 0 Å². The van der Waals surface area contributed by atoms with Gasteiger partial charge in [0, 0.05) is 12.1 Å². The van der Waals surface area contributed by atoms with E-state index in [1.165, 1.54) is 6.20 Å². The second-order valence-electron chi connectivity index (χ2n) is 3.08. The molecule has 5 nitrogen and oxygen atoms in total. The largest absolute Gasteiger partial charge is 0.378 e. The Labute approximate surface area is 79.3 Å². The van der Waals surface area contributed by atoms with Gasteiger partial charge < -0.3 is 11.1 Å². The van der Waals surface area contributed by atoms with Gasteiger partial charge in [0.1, 0.15) is 5.02 Å². The van der Waals surface area contributed by atoms with E-state index < -0.39 is 0 Å². The highest BCUT2D eigenvalue weighted by Gasteiger charge is 2.33. The van der Waals surface area contributed by atoms with Gasteiger partial charge in [-0.15, -0.1) is 0 Å². The Balaban J connectivity index is 2.20. The maximum Gasteiger partial charge on any atom is 0.285 e. The van der Waals surface area contributed by atoms with Crippen LogP contribution in [0.15, 0.2) is 11.0 Å². The fourth-order valence-electron chi connectivity index (χ4n) is 1.06. The molecule has 2 unspecified atom stereocenters. The first kappa shape index (κ1) is 8.52. The molecular formula is C7H9ClN4O. The molecule has 1 aromatic heterocycles. The van der Waals surface area contributed by atoms with Crippen molar-refractivity contribution in [3.63, 3.8) is 0 Å². The van der Waals surface area contributed by atoms with Gasteiger partial charge in [-0.1, -0.05) is 11.6 Å². The maximum absolute atomic E-state index is 11.0. The number of hydrogen-bond donors (Lipinski definition) is 3. The van der Waals surface area contributed by atoms with Gasteiger partial charge in [-0.05, 0) is 6.42 Å². The number of nitrogens with zero attached hydrogens (tertiary/aromatic N) is 1. The van der Waals surface area contributed by atoms with Crippen molar-refractivity contribution >= 4 is 17.3 Å². The van der Waals surface area contributed by atoms with Crippen molar-refractivity contribution in [2.75, 3.05) is 5.32 Å². The van der Waals surface area contributed by atoms with Crippen LogP contribution in [0.1, 0.15) is 6.42 Å². The van der Waals surface area contributed by atoms with Gasteiger partial charge >= 0.3 is 0 Å². The Bertz CT molecular complexity index is 377. The number of H-pyrrole nitrogens is 1. The molecule has 0 spiro atoms. The second kappa shape index (κ2) is 3.01. The van der Waals surface area contributed by atoms with Gasteiger partial charge in [-0.2, -0.15) is 5.10 Å². The SMILES string of the molecule is NC1CC1Nc1cn[nH]c(=O)c1Cl. The second-order valence-corrected chi connectivity index (χ2v) is 3.46. The molecular weight excluding hydrogens is 192 g/mol. The molecule has 0 saturated heterocycles. The fraction of sp³-hybridized carbons (Fsp3) is 0.429. The van der Waals surface area contributed by atoms with Crippen LogP contribution in [0.25, 0.3) is 0 Å². The number of anilines is 1. The van der Waals surface area contributed by atoms with Crippen LogP contribution < -0.4 is 16.6 Å². The number of rotatable bonds is 2. The van der Waals surface area contributed by atoms with Crippen molar-refractivity contribution in [2.45, 2.75) is 18.5 Å². The van der Waals surface area contributed by atoms with Crippen molar-refractivity contribution in [3.8, 4) is 0 Å². The van der Waals surface area contributed by atoms with E-state index in [0.29, 0.717) is 5.69 Å². The third kappa shape index (κ3) is 1.66. The lowest BCUT2D eigenvalue weighted by atomic mass is 10.4. The van der Waals surface area contributed by atoms with Gasteiger partial charge in [-0.25, -0.2) is 5.10 Å². The molecule has 0 amide bonds. The van der Waals surface area contributed by atoms with Gasteiger partial charge in [0.05, 0.1) is 11.9 Å².